The number of pyridine rings is 2. The number of benzene rings is 1. The number of hydroxylamine groups is 2. The number of halogens is 1. The van der Waals surface area contributed by atoms with Crippen molar-refractivity contribution >= 4 is 29.0 Å². The molecule has 2 amide bonds. The van der Waals surface area contributed by atoms with Gasteiger partial charge >= 0.3 is 5.97 Å². The minimum absolute atomic E-state index is 0.103. The summed E-state index contributed by atoms with van der Waals surface area (Å²) in [5.41, 5.74) is 2.20. The lowest BCUT2D eigenvalue weighted by molar-refractivity contribution is -0.124. The summed E-state index contributed by atoms with van der Waals surface area (Å²) in [6.45, 7) is 4.25. The molecule has 6 rings (SSSR count). The van der Waals surface area contributed by atoms with E-state index in [-0.39, 0.29) is 24.6 Å². The van der Waals surface area contributed by atoms with Crippen LogP contribution in [0.15, 0.2) is 41.3 Å². The lowest BCUT2D eigenvalue weighted by Gasteiger charge is -2.25. The van der Waals surface area contributed by atoms with Crippen molar-refractivity contribution in [3.8, 4) is 0 Å². The second-order valence-electron chi connectivity index (χ2n) is 9.89. The van der Waals surface area contributed by atoms with Crippen molar-refractivity contribution in [3.63, 3.8) is 0 Å². The normalized spacial score (nSPS) is 19.0. The number of esters is 1. The average molecular weight is 520 g/mol. The first-order chi connectivity index (χ1) is 18.3. The Morgan fingerprint density at radius 1 is 1.08 bits per heavy atom. The molecule has 4 heterocycles. The Morgan fingerprint density at radius 3 is 2.39 bits per heavy atom. The van der Waals surface area contributed by atoms with E-state index >= 15 is 4.39 Å². The van der Waals surface area contributed by atoms with E-state index in [1.165, 1.54) is 4.40 Å². The summed E-state index contributed by atoms with van der Waals surface area (Å²) in [4.78, 5) is 58.6. The van der Waals surface area contributed by atoms with Crippen LogP contribution in [0, 0.1) is 12.7 Å². The van der Waals surface area contributed by atoms with Gasteiger partial charge in [-0.1, -0.05) is 12.1 Å². The van der Waals surface area contributed by atoms with Crippen molar-refractivity contribution in [2.75, 3.05) is 24.6 Å². The molecule has 38 heavy (non-hydrogen) atoms. The number of hydrogen-bond acceptors (Lipinski definition) is 7. The fraction of sp³-hybridized carbons (Fsp3) is 0.357. The molecule has 0 N–H and O–H groups in total. The molecular formula is C28H26FN3O6. The van der Waals surface area contributed by atoms with Crippen LogP contribution in [0.25, 0.3) is 5.52 Å². The van der Waals surface area contributed by atoms with Crippen LogP contribution in [0.4, 0.5) is 10.1 Å². The topological polar surface area (TPSA) is 97.6 Å². The van der Waals surface area contributed by atoms with Crippen LogP contribution in [0.5, 0.6) is 0 Å². The van der Waals surface area contributed by atoms with Crippen LogP contribution in [0.2, 0.25) is 0 Å². The largest absolute Gasteiger partial charge is 0.462 e. The molecule has 1 unspecified atom stereocenters. The van der Waals surface area contributed by atoms with Crippen LogP contribution in [0.1, 0.15) is 74.3 Å². The van der Waals surface area contributed by atoms with Gasteiger partial charge in [0.25, 0.3) is 17.4 Å². The van der Waals surface area contributed by atoms with E-state index in [9.17, 15) is 19.2 Å². The Labute approximate surface area is 217 Å². The molecule has 9 nitrogen and oxygen atoms in total. The SMILES string of the molecule is CCOC(=O)c1cc(C2CC2)c2c(C)c(N3CCC(ON4C(=O)c5ccccc5C4=O)C3)c(F)cn2c1=O. The van der Waals surface area contributed by atoms with Gasteiger partial charge in [-0.15, -0.1) is 5.06 Å². The summed E-state index contributed by atoms with van der Waals surface area (Å²) < 4.78 is 21.9. The molecule has 1 atom stereocenters. The minimum Gasteiger partial charge on any atom is -0.462 e. The van der Waals surface area contributed by atoms with Crippen molar-refractivity contribution in [2.45, 2.75) is 45.1 Å². The number of rotatable bonds is 6. The smallest absolute Gasteiger partial charge is 0.343 e. The van der Waals surface area contributed by atoms with Gasteiger partial charge in [-0.05, 0) is 68.4 Å². The highest BCUT2D eigenvalue weighted by molar-refractivity contribution is 6.20. The molecule has 0 bridgehead atoms. The number of aromatic nitrogens is 1. The molecule has 3 aromatic rings. The van der Waals surface area contributed by atoms with Gasteiger partial charge in [-0.25, -0.2) is 9.18 Å². The first kappa shape index (κ1) is 24.3. The zero-order valence-corrected chi connectivity index (χ0v) is 21.0. The monoisotopic (exact) mass is 519 g/mol. The summed E-state index contributed by atoms with van der Waals surface area (Å²) in [5.74, 6) is -2.17. The van der Waals surface area contributed by atoms with E-state index in [0.717, 1.165) is 29.7 Å². The average Bonchev–Trinajstić information content (AvgIpc) is 3.60. The number of carbonyl (C=O) groups excluding carboxylic acids is 3. The lowest BCUT2D eigenvalue weighted by Crippen LogP contribution is -2.36. The van der Waals surface area contributed by atoms with Crippen molar-refractivity contribution in [1.82, 2.24) is 9.46 Å². The Bertz CT molecular complexity index is 1540. The third-order valence-corrected chi connectivity index (χ3v) is 7.43. The van der Waals surface area contributed by atoms with Crippen LogP contribution < -0.4 is 10.5 Å². The molecule has 3 aliphatic rings. The fourth-order valence-electron chi connectivity index (χ4n) is 5.52. The fourth-order valence-corrected chi connectivity index (χ4v) is 5.52. The zero-order valence-electron chi connectivity index (χ0n) is 21.0. The molecule has 10 heteroatoms. The van der Waals surface area contributed by atoms with E-state index in [0.29, 0.717) is 40.9 Å². The summed E-state index contributed by atoms with van der Waals surface area (Å²) in [7, 11) is 0. The Kier molecular flexibility index (Phi) is 5.79. The van der Waals surface area contributed by atoms with Crippen LogP contribution >= 0.6 is 0 Å². The predicted molar refractivity (Wildman–Crippen MR) is 135 cm³/mol. The zero-order chi connectivity index (χ0) is 26.7. The molecule has 2 fully saturated rings. The molecule has 1 saturated carbocycles. The second kappa shape index (κ2) is 9.05. The Morgan fingerprint density at radius 2 is 1.76 bits per heavy atom. The standard InChI is InChI=1S/C28H26FN3O6/c1-3-37-28(36)21-12-20(16-8-9-16)23-15(2)24(22(29)14-31(23)25(21)33)30-11-10-17(13-30)38-32-26(34)18-6-4-5-7-19(18)27(32)35/h4-7,12,14,16-17H,3,8-11,13H2,1-2H3. The van der Waals surface area contributed by atoms with E-state index in [1.807, 2.05) is 4.90 Å². The van der Waals surface area contributed by atoms with Gasteiger partial charge in [0, 0.05) is 13.1 Å². The van der Waals surface area contributed by atoms with E-state index in [2.05, 4.69) is 0 Å². The van der Waals surface area contributed by atoms with Gasteiger partial charge in [0.05, 0.1) is 35.1 Å². The molecule has 2 aromatic heterocycles. The molecule has 0 spiro atoms. The lowest BCUT2D eigenvalue weighted by atomic mass is 10.0. The molecule has 1 saturated heterocycles. The third kappa shape index (κ3) is 3.78. The number of nitrogens with zero attached hydrogens (tertiary/aromatic N) is 3. The van der Waals surface area contributed by atoms with Gasteiger partial charge in [-0.3, -0.25) is 23.6 Å². The number of hydrogen-bond donors (Lipinski definition) is 0. The molecule has 1 aromatic carbocycles. The number of amides is 2. The number of carbonyl (C=O) groups is 3. The number of imide groups is 1. The minimum atomic E-state index is -0.719. The highest BCUT2D eigenvalue weighted by atomic mass is 19.1. The highest BCUT2D eigenvalue weighted by Gasteiger charge is 2.40. The quantitative estimate of drug-likeness (QED) is 0.363. The number of ether oxygens (including phenoxy) is 1. The maximum absolute atomic E-state index is 15.6. The molecule has 0 radical (unpaired) electrons. The van der Waals surface area contributed by atoms with E-state index < -0.39 is 35.3 Å². The van der Waals surface area contributed by atoms with Gasteiger partial charge in [0.15, 0.2) is 5.82 Å². The number of fused-ring (bicyclic) bond motifs is 2. The van der Waals surface area contributed by atoms with Crippen molar-refractivity contribution in [2.24, 2.45) is 0 Å². The maximum Gasteiger partial charge on any atom is 0.343 e. The van der Waals surface area contributed by atoms with Gasteiger partial charge < -0.3 is 9.64 Å². The third-order valence-electron chi connectivity index (χ3n) is 7.43. The van der Waals surface area contributed by atoms with Gasteiger partial charge in [0.2, 0.25) is 0 Å². The van der Waals surface area contributed by atoms with Crippen molar-refractivity contribution < 1.29 is 28.3 Å². The van der Waals surface area contributed by atoms with Crippen LogP contribution in [0.3, 0.4) is 0 Å². The summed E-state index contributed by atoms with van der Waals surface area (Å²) >= 11 is 0. The Hall–Kier alpha value is -4.05. The maximum atomic E-state index is 15.6. The van der Waals surface area contributed by atoms with Gasteiger partial charge in [-0.2, -0.15) is 0 Å². The van der Waals surface area contributed by atoms with E-state index in [1.54, 1.807) is 44.2 Å². The highest BCUT2D eigenvalue weighted by Crippen LogP contribution is 2.44. The number of anilines is 1. The molecular weight excluding hydrogens is 493 g/mol. The van der Waals surface area contributed by atoms with E-state index in [4.69, 9.17) is 9.57 Å². The van der Waals surface area contributed by atoms with Crippen molar-refractivity contribution in [1.29, 1.82) is 0 Å². The molecule has 196 valence electrons. The first-order valence-electron chi connectivity index (χ1n) is 12.7. The number of aryl methyl sites for hydroxylation is 1. The van der Waals surface area contributed by atoms with Gasteiger partial charge in [0.1, 0.15) is 11.7 Å². The second-order valence-corrected chi connectivity index (χ2v) is 9.89. The van der Waals surface area contributed by atoms with Crippen LogP contribution in [-0.2, 0) is 9.57 Å². The summed E-state index contributed by atoms with van der Waals surface area (Å²) in [6.07, 6.45) is 2.93. The molecule has 2 aliphatic heterocycles. The summed E-state index contributed by atoms with van der Waals surface area (Å²) in [5, 5.41) is 0.796. The molecule has 1 aliphatic carbocycles. The first-order valence-corrected chi connectivity index (χ1v) is 12.7. The summed E-state index contributed by atoms with van der Waals surface area (Å²) in [6, 6.07) is 8.14. The Balaban J connectivity index is 1.32. The predicted octanol–water partition coefficient (Wildman–Crippen LogP) is 3.61. The van der Waals surface area contributed by atoms with Crippen LogP contribution in [-0.4, -0.2) is 53.0 Å². The van der Waals surface area contributed by atoms with Crippen molar-refractivity contribution in [3.05, 3.63) is 80.5 Å².